The minimum atomic E-state index is 0.0155. The Morgan fingerprint density at radius 1 is 0.607 bits per heavy atom. The van der Waals surface area contributed by atoms with Crippen LogP contribution in [0.25, 0.3) is 0 Å². The van der Waals surface area contributed by atoms with Crippen LogP contribution in [0.3, 0.4) is 0 Å². The van der Waals surface area contributed by atoms with Crippen molar-refractivity contribution in [3.63, 3.8) is 0 Å². The molecule has 0 spiro atoms. The standard InChI is InChI=1S/C24H28N2O2/c27-23(17-9-3-1-4-10-17)25-21-15-7-14-20-19(21)13-8-16-22(20)26-24(28)18-11-5-2-6-12-18/h1-6,9-12,19-22H,7-8,13-16H2,(H,25,27)(H,26,28)/t19-,20-,21-,22-/m0/s1. The first-order chi connectivity index (χ1) is 13.7. The number of nitrogens with one attached hydrogen (secondary N) is 2. The summed E-state index contributed by atoms with van der Waals surface area (Å²) in [6.45, 7) is 0. The molecule has 2 aromatic rings. The van der Waals surface area contributed by atoms with Crippen molar-refractivity contribution in [2.45, 2.75) is 50.6 Å². The number of carbonyl (C=O) groups excluding carboxylic acids is 2. The van der Waals surface area contributed by atoms with Crippen molar-refractivity contribution in [1.82, 2.24) is 10.6 Å². The summed E-state index contributed by atoms with van der Waals surface area (Å²) >= 11 is 0. The highest BCUT2D eigenvalue weighted by Gasteiger charge is 2.41. The van der Waals surface area contributed by atoms with Crippen LogP contribution in [0.5, 0.6) is 0 Å². The van der Waals surface area contributed by atoms with E-state index in [1.165, 1.54) is 0 Å². The van der Waals surface area contributed by atoms with Crippen molar-refractivity contribution in [2.75, 3.05) is 0 Å². The van der Waals surface area contributed by atoms with Crippen LogP contribution in [0.1, 0.15) is 59.2 Å². The number of amides is 2. The van der Waals surface area contributed by atoms with Crippen LogP contribution in [0.4, 0.5) is 0 Å². The molecular weight excluding hydrogens is 348 g/mol. The maximum atomic E-state index is 12.7. The van der Waals surface area contributed by atoms with Crippen molar-refractivity contribution >= 4 is 11.8 Å². The van der Waals surface area contributed by atoms with Gasteiger partial charge in [-0.1, -0.05) is 49.2 Å². The van der Waals surface area contributed by atoms with Gasteiger partial charge in [0.25, 0.3) is 11.8 Å². The lowest BCUT2D eigenvalue weighted by atomic mass is 9.66. The highest BCUT2D eigenvalue weighted by Crippen LogP contribution is 2.41. The van der Waals surface area contributed by atoms with E-state index in [0.29, 0.717) is 11.8 Å². The SMILES string of the molecule is O=C(N[C@H]1CCC[C@H]2[C@@H]1CCC[C@@H]2NC(=O)c1ccccc1)c1ccccc1. The molecule has 0 saturated heterocycles. The Balaban J connectivity index is 1.43. The zero-order chi connectivity index (χ0) is 19.3. The molecule has 0 radical (unpaired) electrons. The number of hydrogen-bond acceptors (Lipinski definition) is 2. The lowest BCUT2D eigenvalue weighted by Gasteiger charge is -2.46. The molecule has 2 saturated carbocycles. The van der Waals surface area contributed by atoms with Gasteiger partial charge in [-0.25, -0.2) is 0 Å². The molecule has 0 heterocycles. The summed E-state index contributed by atoms with van der Waals surface area (Å²) in [5.41, 5.74) is 1.43. The van der Waals surface area contributed by atoms with Gasteiger partial charge in [-0.3, -0.25) is 9.59 Å². The largest absolute Gasteiger partial charge is 0.349 e. The van der Waals surface area contributed by atoms with Gasteiger partial charge >= 0.3 is 0 Å². The third-order valence-corrected chi connectivity index (χ3v) is 6.39. The van der Waals surface area contributed by atoms with Gasteiger partial charge in [0, 0.05) is 23.2 Å². The first-order valence-corrected chi connectivity index (χ1v) is 10.4. The normalized spacial score (nSPS) is 26.7. The summed E-state index contributed by atoms with van der Waals surface area (Å²) in [4.78, 5) is 25.3. The Hall–Kier alpha value is -2.62. The second kappa shape index (κ2) is 8.59. The van der Waals surface area contributed by atoms with Gasteiger partial charge in [-0.15, -0.1) is 0 Å². The van der Waals surface area contributed by atoms with Crippen LogP contribution in [0.2, 0.25) is 0 Å². The average Bonchev–Trinajstić information content (AvgIpc) is 2.75. The van der Waals surface area contributed by atoms with Gasteiger partial charge in [0.1, 0.15) is 0 Å². The van der Waals surface area contributed by atoms with E-state index < -0.39 is 0 Å². The van der Waals surface area contributed by atoms with Crippen LogP contribution in [0.15, 0.2) is 60.7 Å². The second-order valence-electron chi connectivity index (χ2n) is 8.08. The van der Waals surface area contributed by atoms with Crippen molar-refractivity contribution in [3.05, 3.63) is 71.8 Å². The minimum Gasteiger partial charge on any atom is -0.349 e. The second-order valence-corrected chi connectivity index (χ2v) is 8.08. The topological polar surface area (TPSA) is 58.2 Å². The van der Waals surface area contributed by atoms with Gasteiger partial charge in [-0.2, -0.15) is 0 Å². The van der Waals surface area contributed by atoms with Crippen molar-refractivity contribution in [3.8, 4) is 0 Å². The van der Waals surface area contributed by atoms with Crippen LogP contribution >= 0.6 is 0 Å². The summed E-state index contributed by atoms with van der Waals surface area (Å²) in [7, 11) is 0. The molecule has 2 amide bonds. The molecule has 4 nitrogen and oxygen atoms in total. The third kappa shape index (κ3) is 4.11. The molecule has 0 bridgehead atoms. The molecule has 0 aromatic heterocycles. The number of rotatable bonds is 4. The molecule has 2 N–H and O–H groups in total. The summed E-state index contributed by atoms with van der Waals surface area (Å²) in [5.74, 6) is 0.913. The van der Waals surface area contributed by atoms with Crippen LogP contribution in [0, 0.1) is 11.8 Å². The Labute approximate surface area is 166 Å². The van der Waals surface area contributed by atoms with Crippen LogP contribution in [-0.4, -0.2) is 23.9 Å². The monoisotopic (exact) mass is 376 g/mol. The molecule has 2 aromatic carbocycles. The molecule has 2 aliphatic carbocycles. The van der Waals surface area contributed by atoms with Crippen molar-refractivity contribution in [2.24, 2.45) is 11.8 Å². The van der Waals surface area contributed by atoms with E-state index in [4.69, 9.17) is 0 Å². The highest BCUT2D eigenvalue weighted by atomic mass is 16.2. The lowest BCUT2D eigenvalue weighted by Crippen LogP contribution is -2.53. The van der Waals surface area contributed by atoms with E-state index in [9.17, 15) is 9.59 Å². The molecular formula is C24H28N2O2. The van der Waals surface area contributed by atoms with Gasteiger partial charge < -0.3 is 10.6 Å². The van der Waals surface area contributed by atoms with Crippen LogP contribution < -0.4 is 10.6 Å². The van der Waals surface area contributed by atoms with E-state index >= 15 is 0 Å². The molecule has 0 unspecified atom stereocenters. The number of benzene rings is 2. The smallest absolute Gasteiger partial charge is 0.251 e. The van der Waals surface area contributed by atoms with Gasteiger partial charge in [0.15, 0.2) is 0 Å². The zero-order valence-corrected chi connectivity index (χ0v) is 16.1. The van der Waals surface area contributed by atoms with E-state index in [1.807, 2.05) is 60.7 Å². The predicted molar refractivity (Wildman–Crippen MR) is 110 cm³/mol. The molecule has 28 heavy (non-hydrogen) atoms. The molecule has 4 heteroatoms. The first kappa shape index (κ1) is 18.7. The lowest BCUT2D eigenvalue weighted by molar-refractivity contribution is 0.0664. The highest BCUT2D eigenvalue weighted by molar-refractivity contribution is 5.94. The maximum Gasteiger partial charge on any atom is 0.251 e. The molecule has 4 atom stereocenters. The molecule has 0 aliphatic heterocycles. The number of fused-ring (bicyclic) bond motifs is 1. The molecule has 146 valence electrons. The summed E-state index contributed by atoms with van der Waals surface area (Å²) in [5, 5.41) is 6.58. The Morgan fingerprint density at radius 2 is 1.00 bits per heavy atom. The van der Waals surface area contributed by atoms with Crippen molar-refractivity contribution in [1.29, 1.82) is 0 Å². The molecule has 4 rings (SSSR count). The van der Waals surface area contributed by atoms with E-state index in [1.54, 1.807) is 0 Å². The Bertz CT molecular complexity index is 736. The van der Waals surface area contributed by atoms with Crippen molar-refractivity contribution < 1.29 is 9.59 Å². The fourth-order valence-corrected chi connectivity index (χ4v) is 5.04. The average molecular weight is 377 g/mol. The van der Waals surface area contributed by atoms with Gasteiger partial charge in [-0.05, 0) is 61.8 Å². The molecule has 2 fully saturated rings. The Kier molecular flexibility index (Phi) is 5.75. The van der Waals surface area contributed by atoms with E-state index in [0.717, 1.165) is 49.7 Å². The first-order valence-electron chi connectivity index (χ1n) is 10.4. The zero-order valence-electron chi connectivity index (χ0n) is 16.1. The number of carbonyl (C=O) groups is 2. The fourth-order valence-electron chi connectivity index (χ4n) is 5.04. The van der Waals surface area contributed by atoms with E-state index in [-0.39, 0.29) is 23.9 Å². The Morgan fingerprint density at radius 3 is 1.39 bits per heavy atom. The summed E-state index contributed by atoms with van der Waals surface area (Å²) in [6, 6.07) is 19.3. The maximum absolute atomic E-state index is 12.7. The van der Waals surface area contributed by atoms with E-state index in [2.05, 4.69) is 10.6 Å². The molecule has 2 aliphatic rings. The fraction of sp³-hybridized carbons (Fsp3) is 0.417. The summed E-state index contributed by atoms with van der Waals surface area (Å²) in [6.07, 6.45) is 6.50. The third-order valence-electron chi connectivity index (χ3n) is 6.39. The van der Waals surface area contributed by atoms with Gasteiger partial charge in [0.2, 0.25) is 0 Å². The quantitative estimate of drug-likeness (QED) is 0.841. The number of hydrogen-bond donors (Lipinski definition) is 2. The predicted octanol–water partition coefficient (Wildman–Crippen LogP) is 4.18. The minimum absolute atomic E-state index is 0.0155. The summed E-state index contributed by atoms with van der Waals surface area (Å²) < 4.78 is 0. The van der Waals surface area contributed by atoms with Crippen LogP contribution in [-0.2, 0) is 0 Å². The van der Waals surface area contributed by atoms with Gasteiger partial charge in [0.05, 0.1) is 0 Å².